The van der Waals surface area contributed by atoms with E-state index in [2.05, 4.69) is 5.32 Å². The minimum atomic E-state index is -1.00. The number of hydrogen-bond donors (Lipinski definition) is 5. The highest BCUT2D eigenvalue weighted by Gasteiger charge is 2.09. The summed E-state index contributed by atoms with van der Waals surface area (Å²) in [5.41, 5.74) is 10.2. The van der Waals surface area contributed by atoms with Crippen molar-refractivity contribution in [3.8, 4) is 0 Å². The van der Waals surface area contributed by atoms with Crippen molar-refractivity contribution in [2.24, 2.45) is 11.5 Å². The molecule has 8 heteroatoms. The van der Waals surface area contributed by atoms with Gasteiger partial charge in [0.1, 0.15) is 6.04 Å². The van der Waals surface area contributed by atoms with Gasteiger partial charge in [-0.1, -0.05) is 0 Å². The van der Waals surface area contributed by atoms with Gasteiger partial charge in [0.25, 0.3) is 0 Å². The summed E-state index contributed by atoms with van der Waals surface area (Å²) in [6.45, 7) is 0.482. The minimum Gasteiger partial charge on any atom is -0.480 e. The molecular formula is C6H18AlClN4O2. The van der Waals surface area contributed by atoms with Gasteiger partial charge in [-0.05, 0) is 12.8 Å². The van der Waals surface area contributed by atoms with E-state index < -0.39 is 12.0 Å². The van der Waals surface area contributed by atoms with Gasteiger partial charge in [-0.2, -0.15) is 0 Å². The van der Waals surface area contributed by atoms with Crippen LogP contribution in [0.4, 0.5) is 0 Å². The van der Waals surface area contributed by atoms with Crippen LogP contribution in [0.3, 0.4) is 0 Å². The van der Waals surface area contributed by atoms with Crippen molar-refractivity contribution in [1.82, 2.24) is 5.32 Å². The summed E-state index contributed by atoms with van der Waals surface area (Å²) in [4.78, 5) is 10.2. The van der Waals surface area contributed by atoms with Crippen LogP contribution >= 0.6 is 12.4 Å². The zero-order valence-corrected chi connectivity index (χ0v) is 7.93. The molecule has 84 valence electrons. The van der Waals surface area contributed by atoms with Crippen LogP contribution in [0.5, 0.6) is 0 Å². The highest BCUT2D eigenvalue weighted by atomic mass is 35.5. The number of hydrogen-bond acceptors (Lipinski definition) is 3. The first-order chi connectivity index (χ1) is 5.54. The van der Waals surface area contributed by atoms with E-state index in [1.807, 2.05) is 0 Å². The topological polar surface area (TPSA) is 125 Å². The Hall–Kier alpha value is -0.478. The Bertz CT molecular complexity index is 181. The third kappa shape index (κ3) is 11.5. The largest absolute Gasteiger partial charge is 0.480 e. The Labute approximate surface area is 99.5 Å². The fourth-order valence-electron chi connectivity index (χ4n) is 0.669. The summed E-state index contributed by atoms with van der Waals surface area (Å²) in [5, 5.41) is 17.7. The van der Waals surface area contributed by atoms with Gasteiger partial charge in [0, 0.05) is 6.54 Å². The molecule has 0 aliphatic carbocycles. The number of carboxylic acids is 1. The molecule has 0 saturated carbocycles. The molecule has 0 rings (SSSR count). The maximum atomic E-state index is 10.2. The van der Waals surface area contributed by atoms with Gasteiger partial charge in [0.15, 0.2) is 23.3 Å². The smallest absolute Gasteiger partial charge is 0.320 e. The highest BCUT2D eigenvalue weighted by Crippen LogP contribution is 1.92. The zero-order valence-electron chi connectivity index (χ0n) is 7.12. The van der Waals surface area contributed by atoms with Gasteiger partial charge in [0.2, 0.25) is 0 Å². The number of aliphatic carboxylic acids is 1. The Morgan fingerprint density at radius 3 is 2.43 bits per heavy atom. The predicted octanol–water partition coefficient (Wildman–Crippen LogP) is -2.10. The summed E-state index contributed by atoms with van der Waals surface area (Å²) >= 11 is 0. The fourth-order valence-corrected chi connectivity index (χ4v) is 0.669. The standard InChI is InChI=1S/C6H14N4O2.Al.ClH.3H/c7-4(5(11)12)2-1-3-10-6(8)9;;;;;/h4H,1-3,7H2,(H,11,12)(H4,8,9,10);;1H;;;. The predicted molar refractivity (Wildman–Crippen MR) is 61.9 cm³/mol. The van der Waals surface area contributed by atoms with Crippen LogP contribution in [0, 0.1) is 5.41 Å². The molecule has 0 bridgehead atoms. The zero-order chi connectivity index (χ0) is 9.56. The number of nitrogens with one attached hydrogen (secondary N) is 2. The second-order valence-corrected chi connectivity index (χ2v) is 2.43. The van der Waals surface area contributed by atoms with Crippen LogP contribution < -0.4 is 16.8 Å². The van der Waals surface area contributed by atoms with Gasteiger partial charge >= 0.3 is 5.97 Å². The van der Waals surface area contributed by atoms with Gasteiger partial charge in [-0.25, -0.2) is 0 Å². The van der Waals surface area contributed by atoms with Crippen LogP contribution in [0.25, 0.3) is 0 Å². The molecule has 6 nitrogen and oxygen atoms in total. The Kier molecular flexibility index (Phi) is 14.5. The van der Waals surface area contributed by atoms with E-state index in [9.17, 15) is 4.79 Å². The average Bonchev–Trinajstić information content (AvgIpc) is 1.97. The number of rotatable bonds is 5. The van der Waals surface area contributed by atoms with Crippen molar-refractivity contribution in [3.63, 3.8) is 0 Å². The van der Waals surface area contributed by atoms with Crippen molar-refractivity contribution in [2.75, 3.05) is 6.54 Å². The van der Waals surface area contributed by atoms with Crippen molar-refractivity contribution in [2.45, 2.75) is 18.9 Å². The SMILES string of the molecule is Cl.N=C(N)NCCCC(N)C(=O)O.[AlH3]. The molecule has 0 saturated heterocycles. The Balaban J connectivity index is -0.000000605. The number of carboxylic acid groups (broad SMARTS) is 1. The normalized spacial score (nSPS) is 10.4. The van der Waals surface area contributed by atoms with Gasteiger partial charge in [-0.15, -0.1) is 12.4 Å². The molecule has 7 N–H and O–H groups in total. The average molecular weight is 241 g/mol. The van der Waals surface area contributed by atoms with Crippen LogP contribution in [0.2, 0.25) is 0 Å². The molecule has 0 heterocycles. The Morgan fingerprint density at radius 1 is 1.57 bits per heavy atom. The maximum Gasteiger partial charge on any atom is 0.320 e. The summed E-state index contributed by atoms with van der Waals surface area (Å²) in [6.07, 6.45) is 0.975. The molecule has 0 aromatic rings. The molecule has 0 aromatic carbocycles. The van der Waals surface area contributed by atoms with Gasteiger partial charge in [-0.3, -0.25) is 10.2 Å². The quantitative estimate of drug-likeness (QED) is 0.163. The van der Waals surface area contributed by atoms with Gasteiger partial charge < -0.3 is 21.9 Å². The summed E-state index contributed by atoms with van der Waals surface area (Å²) in [7, 11) is 0. The third-order valence-corrected chi connectivity index (χ3v) is 1.32. The lowest BCUT2D eigenvalue weighted by atomic mass is 10.2. The Morgan fingerprint density at radius 2 is 2.07 bits per heavy atom. The second-order valence-electron chi connectivity index (χ2n) is 2.43. The minimum absolute atomic E-state index is 0. The molecule has 1 atom stereocenters. The van der Waals surface area contributed by atoms with Crippen LogP contribution in [-0.4, -0.2) is 47.0 Å². The third-order valence-electron chi connectivity index (χ3n) is 1.32. The fraction of sp³-hybridized carbons (Fsp3) is 0.667. The van der Waals surface area contributed by atoms with E-state index in [1.54, 1.807) is 0 Å². The first-order valence-corrected chi connectivity index (χ1v) is 3.60. The monoisotopic (exact) mass is 240 g/mol. The lowest BCUT2D eigenvalue weighted by molar-refractivity contribution is -0.138. The molecule has 0 aromatic heterocycles. The number of nitrogens with two attached hydrogens (primary N) is 2. The lowest BCUT2D eigenvalue weighted by Crippen LogP contribution is -2.34. The van der Waals surface area contributed by atoms with E-state index in [4.69, 9.17) is 22.0 Å². The number of halogens is 1. The van der Waals surface area contributed by atoms with E-state index in [-0.39, 0.29) is 35.7 Å². The van der Waals surface area contributed by atoms with Crippen LogP contribution in [0.15, 0.2) is 0 Å². The molecule has 0 spiro atoms. The van der Waals surface area contributed by atoms with Crippen molar-refractivity contribution < 1.29 is 9.90 Å². The summed E-state index contributed by atoms with van der Waals surface area (Å²) < 4.78 is 0. The lowest BCUT2D eigenvalue weighted by Gasteiger charge is -2.06. The molecule has 0 amide bonds. The summed E-state index contributed by atoms with van der Waals surface area (Å²) in [5.74, 6) is -1.11. The molecule has 0 aliphatic heterocycles. The van der Waals surface area contributed by atoms with Crippen molar-refractivity contribution >= 4 is 41.7 Å². The summed E-state index contributed by atoms with van der Waals surface area (Å²) in [6, 6.07) is -0.821. The number of guanidine groups is 1. The van der Waals surface area contributed by atoms with E-state index in [0.29, 0.717) is 19.4 Å². The maximum absolute atomic E-state index is 10.2. The van der Waals surface area contributed by atoms with E-state index in [1.165, 1.54) is 0 Å². The first kappa shape index (κ1) is 19.2. The highest BCUT2D eigenvalue weighted by molar-refractivity contribution is 5.85. The van der Waals surface area contributed by atoms with E-state index in [0.717, 1.165) is 0 Å². The second kappa shape index (κ2) is 10.6. The van der Waals surface area contributed by atoms with Crippen LogP contribution in [-0.2, 0) is 4.79 Å². The molecule has 0 fully saturated rings. The van der Waals surface area contributed by atoms with E-state index >= 15 is 0 Å². The van der Waals surface area contributed by atoms with Crippen LogP contribution in [0.1, 0.15) is 12.8 Å². The van der Waals surface area contributed by atoms with Crippen molar-refractivity contribution in [3.05, 3.63) is 0 Å². The molecular weight excluding hydrogens is 223 g/mol. The number of carbonyl (C=O) groups is 1. The molecule has 0 aliphatic rings. The van der Waals surface area contributed by atoms with Gasteiger partial charge in [0.05, 0.1) is 0 Å². The molecule has 1 unspecified atom stereocenters. The van der Waals surface area contributed by atoms with Crippen molar-refractivity contribution in [1.29, 1.82) is 5.41 Å². The molecule has 14 heavy (non-hydrogen) atoms. The molecule has 0 radical (unpaired) electrons. The first-order valence-electron chi connectivity index (χ1n) is 3.60.